The molecule has 212 valence electrons. The Kier molecular flexibility index (Phi) is 6.33. The first kappa shape index (κ1) is 26.8. The zero-order chi connectivity index (χ0) is 28.5. The molecule has 5 aromatic carbocycles. The summed E-state index contributed by atoms with van der Waals surface area (Å²) in [6.45, 7) is 0. The Morgan fingerprint density at radius 1 is 0.659 bits per heavy atom. The zero-order valence-corrected chi connectivity index (χ0v) is 26.1. The Labute approximate surface area is 270 Å². The van der Waals surface area contributed by atoms with Crippen molar-refractivity contribution in [1.29, 1.82) is 0 Å². The maximum atomic E-state index is 12.0. The number of aromatic nitrogens is 2. The number of hydrogen-bond donors (Lipinski definition) is 1. The van der Waals surface area contributed by atoms with Gasteiger partial charge < -0.3 is 9.52 Å². The Morgan fingerprint density at radius 2 is 1.36 bits per heavy atom. The smallest absolute Gasteiger partial charge is 0.149 e. The Bertz CT molecular complexity index is 2540. The standard InChI is InChI=1S/C38H21N2O2S.Pt/c41-36-26-14-2-1-13-25(26)33-27-15-3-5-17-31(27)42-37(33)34(36)35-38-28(24-12-4-6-18-32(24)43-38)21-30(40-35)23-11-9-10-22(20-23)29-16-7-8-19-39-29;/h1-19,21,41H;/q-1;. The van der Waals surface area contributed by atoms with Crippen molar-refractivity contribution < 1.29 is 30.6 Å². The molecule has 6 heteroatoms. The van der Waals surface area contributed by atoms with Crippen LogP contribution in [-0.4, -0.2) is 15.1 Å². The van der Waals surface area contributed by atoms with Gasteiger partial charge in [-0.2, -0.15) is 0 Å². The van der Waals surface area contributed by atoms with Gasteiger partial charge in [0.2, 0.25) is 0 Å². The van der Waals surface area contributed by atoms with Crippen LogP contribution in [0.25, 0.3) is 86.7 Å². The van der Waals surface area contributed by atoms with Crippen LogP contribution in [-0.2, 0) is 21.1 Å². The third kappa shape index (κ3) is 4.01. The van der Waals surface area contributed by atoms with Crippen LogP contribution in [0.15, 0.2) is 126 Å². The SMILES string of the molecule is Oc1c(-c2nc(-c3[c-]c(-c4ccccn4)ccc3)cc3c2sc2ccccc23)c2oc3ccccc3c2c2ccccc12.[Pt]. The third-order valence-corrected chi connectivity index (χ3v) is 9.32. The summed E-state index contributed by atoms with van der Waals surface area (Å²) in [6, 6.07) is 42.0. The normalized spacial score (nSPS) is 11.5. The molecule has 9 aromatic rings. The molecule has 0 saturated carbocycles. The Morgan fingerprint density at radius 3 is 2.18 bits per heavy atom. The number of pyridine rings is 2. The van der Waals surface area contributed by atoms with Crippen LogP contribution in [0.3, 0.4) is 0 Å². The number of thiophene rings is 1. The fourth-order valence-electron chi connectivity index (χ4n) is 6.18. The van der Waals surface area contributed by atoms with Gasteiger partial charge in [-0.25, -0.2) is 0 Å². The largest absolute Gasteiger partial charge is 0.506 e. The first-order chi connectivity index (χ1) is 21.2. The molecule has 1 N–H and O–H groups in total. The van der Waals surface area contributed by atoms with E-state index in [1.54, 1.807) is 17.5 Å². The molecule has 0 radical (unpaired) electrons. The average Bonchev–Trinajstić information content (AvgIpc) is 3.64. The summed E-state index contributed by atoms with van der Waals surface area (Å²) in [5.74, 6) is 0.164. The molecule has 0 bridgehead atoms. The number of rotatable bonds is 3. The molecule has 0 atom stereocenters. The van der Waals surface area contributed by atoms with E-state index in [1.807, 2.05) is 78.9 Å². The van der Waals surface area contributed by atoms with Gasteiger partial charge in [0.05, 0.1) is 16.0 Å². The van der Waals surface area contributed by atoms with Crippen molar-refractivity contribution in [3.05, 3.63) is 128 Å². The molecule has 0 amide bonds. The topological polar surface area (TPSA) is 59.2 Å². The van der Waals surface area contributed by atoms with Crippen molar-refractivity contribution in [2.45, 2.75) is 0 Å². The number of hydrogen-bond acceptors (Lipinski definition) is 5. The number of aromatic hydroxyl groups is 1. The second kappa shape index (κ2) is 10.4. The van der Waals surface area contributed by atoms with E-state index in [4.69, 9.17) is 9.40 Å². The quantitative estimate of drug-likeness (QED) is 0.182. The number of fused-ring (bicyclic) bond motifs is 8. The van der Waals surface area contributed by atoms with E-state index in [-0.39, 0.29) is 26.8 Å². The van der Waals surface area contributed by atoms with Crippen LogP contribution < -0.4 is 0 Å². The van der Waals surface area contributed by atoms with E-state index >= 15 is 0 Å². The summed E-state index contributed by atoms with van der Waals surface area (Å²) in [4.78, 5) is 9.83. The summed E-state index contributed by atoms with van der Waals surface area (Å²) in [6.07, 6.45) is 1.79. The van der Waals surface area contributed by atoms with E-state index in [1.165, 1.54) is 0 Å². The number of phenolic OH excluding ortho intramolecular Hbond substituents is 1. The van der Waals surface area contributed by atoms with Crippen molar-refractivity contribution >= 4 is 64.2 Å². The molecule has 0 aliphatic heterocycles. The molecule has 0 aliphatic carbocycles. The molecule has 0 spiro atoms. The molecule has 0 aliphatic rings. The first-order valence-corrected chi connectivity index (χ1v) is 14.9. The molecular weight excluding hydrogens is 744 g/mol. The van der Waals surface area contributed by atoms with Crippen molar-refractivity contribution in [2.24, 2.45) is 0 Å². The van der Waals surface area contributed by atoms with E-state index in [0.29, 0.717) is 16.8 Å². The fraction of sp³-hybridized carbons (Fsp3) is 0. The predicted octanol–water partition coefficient (Wildman–Crippen LogP) is 10.4. The Hall–Kier alpha value is -4.83. The number of nitrogens with zero attached hydrogens (tertiary/aromatic N) is 2. The van der Waals surface area contributed by atoms with E-state index in [2.05, 4.69) is 47.4 Å². The monoisotopic (exact) mass is 764 g/mol. The van der Waals surface area contributed by atoms with Crippen molar-refractivity contribution in [2.75, 3.05) is 0 Å². The van der Waals surface area contributed by atoms with Crippen LogP contribution in [0.5, 0.6) is 5.75 Å². The van der Waals surface area contributed by atoms with E-state index in [0.717, 1.165) is 69.8 Å². The molecule has 4 aromatic heterocycles. The van der Waals surface area contributed by atoms with Crippen LogP contribution >= 0.6 is 11.3 Å². The van der Waals surface area contributed by atoms with Crippen molar-refractivity contribution in [3.63, 3.8) is 0 Å². The van der Waals surface area contributed by atoms with Gasteiger partial charge in [-0.15, -0.1) is 35.6 Å². The van der Waals surface area contributed by atoms with Gasteiger partial charge in [0.15, 0.2) is 0 Å². The maximum Gasteiger partial charge on any atom is 0.149 e. The van der Waals surface area contributed by atoms with Gasteiger partial charge in [-0.05, 0) is 34.4 Å². The molecular formula is C38H21N2O2PtS-. The van der Waals surface area contributed by atoms with Crippen LogP contribution in [0.4, 0.5) is 0 Å². The number of para-hydroxylation sites is 1. The fourth-order valence-corrected chi connectivity index (χ4v) is 7.36. The Balaban J connectivity index is 0.00000289. The second-order valence-electron chi connectivity index (χ2n) is 10.6. The minimum atomic E-state index is 0. The molecule has 44 heavy (non-hydrogen) atoms. The summed E-state index contributed by atoms with van der Waals surface area (Å²) >= 11 is 1.68. The van der Waals surface area contributed by atoms with Gasteiger partial charge >= 0.3 is 0 Å². The summed E-state index contributed by atoms with van der Waals surface area (Å²) in [5, 5.41) is 17.9. The maximum absolute atomic E-state index is 12.0. The van der Waals surface area contributed by atoms with E-state index < -0.39 is 0 Å². The summed E-state index contributed by atoms with van der Waals surface area (Å²) in [7, 11) is 0. The number of furan rings is 1. The number of benzene rings is 5. The average molecular weight is 765 g/mol. The van der Waals surface area contributed by atoms with Gasteiger partial charge in [-0.1, -0.05) is 90.0 Å². The third-order valence-electron chi connectivity index (χ3n) is 8.12. The zero-order valence-electron chi connectivity index (χ0n) is 23.0. The first-order valence-electron chi connectivity index (χ1n) is 14.1. The van der Waals surface area contributed by atoms with Gasteiger partial charge in [0.1, 0.15) is 16.9 Å². The molecule has 9 rings (SSSR count). The molecule has 0 unspecified atom stereocenters. The van der Waals surface area contributed by atoms with Crippen molar-refractivity contribution in [3.8, 4) is 39.5 Å². The van der Waals surface area contributed by atoms with E-state index in [9.17, 15) is 5.11 Å². The van der Waals surface area contributed by atoms with Crippen molar-refractivity contribution in [1.82, 2.24) is 9.97 Å². The van der Waals surface area contributed by atoms with Gasteiger partial charge in [0, 0.05) is 59.5 Å². The van der Waals surface area contributed by atoms with Crippen LogP contribution in [0.1, 0.15) is 0 Å². The molecule has 0 fully saturated rings. The van der Waals surface area contributed by atoms with Gasteiger partial charge in [0.25, 0.3) is 0 Å². The van der Waals surface area contributed by atoms with Crippen LogP contribution in [0, 0.1) is 6.07 Å². The summed E-state index contributed by atoms with van der Waals surface area (Å²) < 4.78 is 8.72. The van der Waals surface area contributed by atoms with Crippen LogP contribution in [0.2, 0.25) is 0 Å². The van der Waals surface area contributed by atoms with Gasteiger partial charge in [-0.3, -0.25) is 9.97 Å². The minimum absolute atomic E-state index is 0. The molecule has 0 saturated heterocycles. The molecule has 4 nitrogen and oxygen atoms in total. The molecule has 4 heterocycles. The second-order valence-corrected chi connectivity index (χ2v) is 11.6. The predicted molar refractivity (Wildman–Crippen MR) is 177 cm³/mol. The number of phenols is 1. The minimum Gasteiger partial charge on any atom is -0.506 e. The summed E-state index contributed by atoms with van der Waals surface area (Å²) in [5.41, 5.74) is 6.06.